The summed E-state index contributed by atoms with van der Waals surface area (Å²) < 4.78 is 44.3. The second-order valence-corrected chi connectivity index (χ2v) is 8.99. The third kappa shape index (κ3) is 4.23. The van der Waals surface area contributed by atoms with E-state index in [1.165, 1.54) is 52.5 Å². The zero-order valence-electron chi connectivity index (χ0n) is 16.5. The van der Waals surface area contributed by atoms with Gasteiger partial charge in [-0.2, -0.15) is 0 Å². The summed E-state index contributed by atoms with van der Waals surface area (Å²) >= 11 is 1.59. The first-order chi connectivity index (χ1) is 13.8. The molecule has 0 saturated carbocycles. The second kappa shape index (κ2) is 8.42. The quantitative estimate of drug-likeness (QED) is 0.741. The van der Waals surface area contributed by atoms with Crippen LogP contribution in [0.1, 0.15) is 6.92 Å². The topological polar surface area (TPSA) is 94.2 Å². The van der Waals surface area contributed by atoms with Gasteiger partial charge in [-0.15, -0.1) is 11.8 Å². The summed E-state index contributed by atoms with van der Waals surface area (Å²) in [4.78, 5) is 14.4. The lowest BCUT2D eigenvalue weighted by molar-refractivity contribution is -0.116. The van der Waals surface area contributed by atoms with Crippen LogP contribution in [0, 0.1) is 0 Å². The molecule has 8 nitrogen and oxygen atoms in total. The van der Waals surface area contributed by atoms with Crippen molar-refractivity contribution in [3.8, 4) is 17.2 Å². The first-order valence-electron chi connectivity index (χ1n) is 8.68. The standard InChI is InChI=1S/C19H22N2O6S2/c1-12(22)21-7-8-28-18-6-5-14(11-15(18)21)29(23,24)20-13-9-16(25-2)19(27-4)17(10-13)26-3/h5-6,9-11,20H,7-8H2,1-4H3. The Hall–Kier alpha value is -2.59. The van der Waals surface area contributed by atoms with E-state index in [2.05, 4.69) is 4.72 Å². The molecule has 0 atom stereocenters. The molecule has 0 aliphatic carbocycles. The van der Waals surface area contributed by atoms with E-state index >= 15 is 0 Å². The van der Waals surface area contributed by atoms with Crippen LogP contribution in [0.2, 0.25) is 0 Å². The number of thioether (sulfide) groups is 1. The van der Waals surface area contributed by atoms with Gasteiger partial charge in [-0.1, -0.05) is 0 Å². The fraction of sp³-hybridized carbons (Fsp3) is 0.316. The van der Waals surface area contributed by atoms with E-state index in [9.17, 15) is 13.2 Å². The van der Waals surface area contributed by atoms with Crippen molar-refractivity contribution < 1.29 is 27.4 Å². The lowest BCUT2D eigenvalue weighted by atomic mass is 10.2. The van der Waals surface area contributed by atoms with Crippen LogP contribution in [0.5, 0.6) is 17.2 Å². The Morgan fingerprint density at radius 2 is 1.72 bits per heavy atom. The van der Waals surface area contributed by atoms with E-state index in [-0.39, 0.29) is 16.5 Å². The van der Waals surface area contributed by atoms with Crippen LogP contribution in [-0.2, 0) is 14.8 Å². The molecule has 0 spiro atoms. The molecule has 0 unspecified atom stereocenters. The molecule has 0 aromatic heterocycles. The molecule has 0 bridgehead atoms. The number of amides is 1. The number of fused-ring (bicyclic) bond motifs is 1. The van der Waals surface area contributed by atoms with Gasteiger partial charge in [0.25, 0.3) is 10.0 Å². The van der Waals surface area contributed by atoms with Gasteiger partial charge in [0.2, 0.25) is 11.7 Å². The van der Waals surface area contributed by atoms with Crippen LogP contribution in [0.3, 0.4) is 0 Å². The molecule has 10 heteroatoms. The van der Waals surface area contributed by atoms with Crippen LogP contribution in [0.15, 0.2) is 40.1 Å². The van der Waals surface area contributed by atoms with Gasteiger partial charge in [-0.05, 0) is 18.2 Å². The van der Waals surface area contributed by atoms with Crippen LogP contribution >= 0.6 is 11.8 Å². The van der Waals surface area contributed by atoms with Crippen LogP contribution in [0.4, 0.5) is 11.4 Å². The minimum Gasteiger partial charge on any atom is -0.493 e. The fourth-order valence-corrected chi connectivity index (χ4v) is 5.08. The van der Waals surface area contributed by atoms with E-state index in [1.807, 2.05) is 0 Å². The summed E-state index contributed by atoms with van der Waals surface area (Å²) in [5.41, 5.74) is 0.858. The normalized spacial score (nSPS) is 13.4. The van der Waals surface area contributed by atoms with Crippen LogP contribution in [0.25, 0.3) is 0 Å². The summed E-state index contributed by atoms with van der Waals surface area (Å²) in [5.74, 6) is 1.66. The van der Waals surface area contributed by atoms with Crippen molar-refractivity contribution in [1.82, 2.24) is 0 Å². The van der Waals surface area contributed by atoms with E-state index in [4.69, 9.17) is 14.2 Å². The third-order valence-corrected chi connectivity index (χ3v) is 6.82. The number of sulfonamides is 1. The maximum absolute atomic E-state index is 13.0. The highest BCUT2D eigenvalue weighted by molar-refractivity contribution is 7.99. The van der Waals surface area contributed by atoms with E-state index in [0.29, 0.717) is 29.5 Å². The number of nitrogens with zero attached hydrogens (tertiary/aromatic N) is 1. The molecule has 0 radical (unpaired) electrons. The molecular formula is C19H22N2O6S2. The third-order valence-electron chi connectivity index (χ3n) is 4.40. The Labute approximate surface area is 174 Å². The number of carbonyl (C=O) groups excluding carboxylic acids is 1. The predicted molar refractivity (Wildman–Crippen MR) is 112 cm³/mol. The van der Waals surface area contributed by atoms with Crippen molar-refractivity contribution in [1.29, 1.82) is 0 Å². The lowest BCUT2D eigenvalue weighted by Gasteiger charge is -2.28. The molecule has 29 heavy (non-hydrogen) atoms. The Kier molecular flexibility index (Phi) is 6.13. The first kappa shape index (κ1) is 21.1. The molecule has 1 heterocycles. The summed E-state index contributed by atoms with van der Waals surface area (Å²) in [6.45, 7) is 2.01. The van der Waals surface area contributed by atoms with Crippen LogP contribution in [-0.4, -0.2) is 48.0 Å². The minimum atomic E-state index is -3.91. The molecule has 3 rings (SSSR count). The Morgan fingerprint density at radius 3 is 2.28 bits per heavy atom. The van der Waals surface area contributed by atoms with Gasteiger partial charge in [0.1, 0.15) is 0 Å². The molecule has 1 aliphatic heterocycles. The molecule has 1 amide bonds. The number of nitrogens with one attached hydrogen (secondary N) is 1. The van der Waals surface area contributed by atoms with Gasteiger partial charge in [0, 0.05) is 36.2 Å². The predicted octanol–water partition coefficient (Wildman–Crippen LogP) is 2.97. The average Bonchev–Trinajstić information content (AvgIpc) is 2.71. The van der Waals surface area contributed by atoms with Crippen LogP contribution < -0.4 is 23.8 Å². The van der Waals surface area contributed by atoms with E-state index in [0.717, 1.165) is 10.6 Å². The Balaban J connectivity index is 1.99. The highest BCUT2D eigenvalue weighted by atomic mass is 32.2. The van der Waals surface area contributed by atoms with Gasteiger partial charge >= 0.3 is 0 Å². The monoisotopic (exact) mass is 438 g/mol. The Morgan fingerprint density at radius 1 is 1.07 bits per heavy atom. The number of rotatable bonds is 6. The van der Waals surface area contributed by atoms with Gasteiger partial charge in [0.05, 0.1) is 37.6 Å². The van der Waals surface area contributed by atoms with Gasteiger partial charge in [0.15, 0.2) is 11.5 Å². The SMILES string of the molecule is COc1cc(NS(=O)(=O)c2ccc3c(c2)N(C(C)=O)CCS3)cc(OC)c1OC. The van der Waals surface area contributed by atoms with Crippen molar-refractivity contribution in [2.24, 2.45) is 0 Å². The fourth-order valence-electron chi connectivity index (χ4n) is 3.05. The number of hydrogen-bond acceptors (Lipinski definition) is 7. The van der Waals surface area contributed by atoms with Crippen molar-refractivity contribution in [3.63, 3.8) is 0 Å². The van der Waals surface area contributed by atoms with Crippen molar-refractivity contribution in [3.05, 3.63) is 30.3 Å². The number of ether oxygens (including phenoxy) is 3. The number of anilines is 2. The number of methoxy groups -OCH3 is 3. The summed E-state index contributed by atoms with van der Waals surface area (Å²) in [6, 6.07) is 7.78. The largest absolute Gasteiger partial charge is 0.493 e. The summed E-state index contributed by atoms with van der Waals surface area (Å²) in [6.07, 6.45) is 0. The second-order valence-electron chi connectivity index (χ2n) is 6.17. The molecule has 1 N–H and O–H groups in total. The lowest BCUT2D eigenvalue weighted by Crippen LogP contribution is -2.33. The molecule has 2 aromatic carbocycles. The highest BCUT2D eigenvalue weighted by Crippen LogP contribution is 2.41. The highest BCUT2D eigenvalue weighted by Gasteiger charge is 2.24. The van der Waals surface area contributed by atoms with Crippen molar-refractivity contribution in [2.75, 3.05) is 43.2 Å². The van der Waals surface area contributed by atoms with Crippen molar-refractivity contribution in [2.45, 2.75) is 16.7 Å². The summed E-state index contributed by atoms with van der Waals surface area (Å²) in [5, 5.41) is 0. The zero-order chi connectivity index (χ0) is 21.2. The van der Waals surface area contributed by atoms with Crippen molar-refractivity contribution >= 4 is 39.1 Å². The molecule has 2 aromatic rings. The molecule has 156 valence electrons. The molecule has 1 aliphatic rings. The maximum atomic E-state index is 13.0. The summed E-state index contributed by atoms with van der Waals surface area (Å²) in [7, 11) is 0.457. The number of carbonyl (C=O) groups is 1. The average molecular weight is 439 g/mol. The van der Waals surface area contributed by atoms with E-state index < -0.39 is 10.0 Å². The smallest absolute Gasteiger partial charge is 0.261 e. The van der Waals surface area contributed by atoms with Gasteiger partial charge in [-0.25, -0.2) is 8.42 Å². The maximum Gasteiger partial charge on any atom is 0.261 e. The first-order valence-corrected chi connectivity index (χ1v) is 11.2. The minimum absolute atomic E-state index is 0.0544. The zero-order valence-corrected chi connectivity index (χ0v) is 18.1. The van der Waals surface area contributed by atoms with E-state index in [1.54, 1.807) is 22.7 Å². The van der Waals surface area contributed by atoms with Gasteiger partial charge in [-0.3, -0.25) is 9.52 Å². The Bertz CT molecular complexity index is 1010. The number of benzene rings is 2. The molecule has 0 saturated heterocycles. The molecular weight excluding hydrogens is 416 g/mol. The molecule has 0 fully saturated rings. The number of hydrogen-bond donors (Lipinski definition) is 1. The van der Waals surface area contributed by atoms with Gasteiger partial charge < -0.3 is 19.1 Å².